The molecule has 0 aliphatic rings. The van der Waals surface area contributed by atoms with Crippen LogP contribution in [0.25, 0.3) is 0 Å². The normalized spacial score (nSPS) is 9.75. The molecular formula is C14H20N2O4. The maximum atomic E-state index is 11.5. The van der Waals surface area contributed by atoms with Crippen LogP contribution in [0.3, 0.4) is 0 Å². The second kappa shape index (κ2) is 8.04. The van der Waals surface area contributed by atoms with E-state index in [-0.39, 0.29) is 18.4 Å². The number of rotatable bonds is 7. The molecule has 0 radical (unpaired) electrons. The Bertz CT molecular complexity index is 474. The second-order valence-electron chi connectivity index (χ2n) is 4.10. The number of benzene rings is 1. The Balaban J connectivity index is 2.49. The van der Waals surface area contributed by atoms with Crippen LogP contribution in [-0.2, 0) is 16.1 Å². The molecule has 2 amide bonds. The third-order valence-electron chi connectivity index (χ3n) is 2.70. The summed E-state index contributed by atoms with van der Waals surface area (Å²) >= 11 is 0. The Labute approximate surface area is 118 Å². The first-order valence-electron chi connectivity index (χ1n) is 6.35. The van der Waals surface area contributed by atoms with Gasteiger partial charge in [0.15, 0.2) is 11.5 Å². The molecular weight excluding hydrogens is 260 g/mol. The topological polar surface area (TPSA) is 76.7 Å². The van der Waals surface area contributed by atoms with Gasteiger partial charge >= 0.3 is 0 Å². The van der Waals surface area contributed by atoms with E-state index in [2.05, 4.69) is 10.6 Å². The van der Waals surface area contributed by atoms with Crippen molar-refractivity contribution in [2.45, 2.75) is 19.9 Å². The monoisotopic (exact) mass is 280 g/mol. The zero-order valence-electron chi connectivity index (χ0n) is 12.0. The Morgan fingerprint density at radius 1 is 1.05 bits per heavy atom. The van der Waals surface area contributed by atoms with Crippen molar-refractivity contribution >= 4 is 11.8 Å². The van der Waals surface area contributed by atoms with Crippen LogP contribution in [0.1, 0.15) is 18.9 Å². The first-order valence-corrected chi connectivity index (χ1v) is 6.35. The maximum Gasteiger partial charge on any atom is 0.239 e. The van der Waals surface area contributed by atoms with Gasteiger partial charge < -0.3 is 20.1 Å². The number of hydrogen-bond donors (Lipinski definition) is 2. The van der Waals surface area contributed by atoms with Gasteiger partial charge in [-0.2, -0.15) is 0 Å². The zero-order valence-corrected chi connectivity index (χ0v) is 12.0. The average molecular weight is 280 g/mol. The summed E-state index contributed by atoms with van der Waals surface area (Å²) in [6.45, 7) is 2.08. The van der Waals surface area contributed by atoms with Crippen molar-refractivity contribution in [1.82, 2.24) is 10.6 Å². The lowest BCUT2D eigenvalue weighted by molar-refractivity contribution is -0.126. The number of carbonyl (C=O) groups is 2. The van der Waals surface area contributed by atoms with Crippen LogP contribution in [-0.4, -0.2) is 32.6 Å². The molecule has 1 rings (SSSR count). The van der Waals surface area contributed by atoms with Crippen molar-refractivity contribution in [1.29, 1.82) is 0 Å². The van der Waals surface area contributed by atoms with E-state index in [0.717, 1.165) is 5.56 Å². The summed E-state index contributed by atoms with van der Waals surface area (Å²) < 4.78 is 10.3. The minimum absolute atomic E-state index is 0.0139. The highest BCUT2D eigenvalue weighted by atomic mass is 16.5. The van der Waals surface area contributed by atoms with Gasteiger partial charge in [-0.1, -0.05) is 13.0 Å². The number of ether oxygens (including phenoxy) is 2. The molecule has 0 saturated carbocycles. The van der Waals surface area contributed by atoms with E-state index < -0.39 is 0 Å². The molecule has 0 unspecified atom stereocenters. The summed E-state index contributed by atoms with van der Waals surface area (Å²) in [7, 11) is 3.12. The van der Waals surface area contributed by atoms with Crippen LogP contribution in [0.15, 0.2) is 18.2 Å². The summed E-state index contributed by atoms with van der Waals surface area (Å²) in [5.41, 5.74) is 0.887. The van der Waals surface area contributed by atoms with Crippen LogP contribution < -0.4 is 20.1 Å². The largest absolute Gasteiger partial charge is 0.493 e. The highest BCUT2D eigenvalue weighted by Gasteiger charge is 2.06. The molecule has 0 fully saturated rings. The Hall–Kier alpha value is -2.24. The van der Waals surface area contributed by atoms with Gasteiger partial charge in [0.25, 0.3) is 0 Å². The van der Waals surface area contributed by atoms with Crippen LogP contribution in [0.5, 0.6) is 11.5 Å². The van der Waals surface area contributed by atoms with E-state index in [0.29, 0.717) is 24.5 Å². The van der Waals surface area contributed by atoms with Crippen molar-refractivity contribution in [3.63, 3.8) is 0 Å². The molecule has 0 aromatic heterocycles. The molecule has 6 heteroatoms. The summed E-state index contributed by atoms with van der Waals surface area (Å²) in [6, 6.07) is 5.41. The number of nitrogens with one attached hydrogen (secondary N) is 2. The van der Waals surface area contributed by atoms with Crippen LogP contribution in [0, 0.1) is 0 Å². The molecule has 0 spiro atoms. The van der Waals surface area contributed by atoms with Gasteiger partial charge in [-0.05, 0) is 17.7 Å². The summed E-state index contributed by atoms with van der Waals surface area (Å²) in [4.78, 5) is 22.6. The van der Waals surface area contributed by atoms with E-state index in [1.165, 1.54) is 0 Å². The molecule has 0 saturated heterocycles. The lowest BCUT2D eigenvalue weighted by Crippen LogP contribution is -2.36. The third kappa shape index (κ3) is 4.79. The van der Waals surface area contributed by atoms with Crippen molar-refractivity contribution in [2.75, 3.05) is 20.8 Å². The predicted molar refractivity (Wildman–Crippen MR) is 74.7 cm³/mol. The third-order valence-corrected chi connectivity index (χ3v) is 2.70. The molecule has 0 atom stereocenters. The number of amides is 2. The van der Waals surface area contributed by atoms with Gasteiger partial charge in [0.05, 0.1) is 20.8 Å². The van der Waals surface area contributed by atoms with Crippen molar-refractivity contribution in [2.24, 2.45) is 0 Å². The molecule has 6 nitrogen and oxygen atoms in total. The zero-order chi connectivity index (χ0) is 15.0. The second-order valence-corrected chi connectivity index (χ2v) is 4.10. The molecule has 0 heterocycles. The SMILES string of the molecule is CCC(=O)NCC(=O)NCc1ccc(OC)c(OC)c1. The minimum Gasteiger partial charge on any atom is -0.493 e. The van der Waals surface area contributed by atoms with Gasteiger partial charge in [0, 0.05) is 13.0 Å². The van der Waals surface area contributed by atoms with E-state index in [1.807, 2.05) is 6.07 Å². The molecule has 0 aliphatic heterocycles. The van der Waals surface area contributed by atoms with Crippen LogP contribution in [0.4, 0.5) is 0 Å². The van der Waals surface area contributed by atoms with Gasteiger partial charge in [0.1, 0.15) is 0 Å². The number of carbonyl (C=O) groups excluding carboxylic acids is 2. The molecule has 0 bridgehead atoms. The summed E-state index contributed by atoms with van der Waals surface area (Å²) in [5.74, 6) is 0.865. The van der Waals surface area contributed by atoms with E-state index in [4.69, 9.17) is 9.47 Å². The first kappa shape index (κ1) is 15.8. The summed E-state index contributed by atoms with van der Waals surface area (Å²) in [6.07, 6.45) is 0.364. The fourth-order valence-corrected chi connectivity index (χ4v) is 1.56. The lowest BCUT2D eigenvalue weighted by Gasteiger charge is -2.10. The van der Waals surface area contributed by atoms with Gasteiger partial charge in [0.2, 0.25) is 11.8 Å². The number of hydrogen-bond acceptors (Lipinski definition) is 4. The van der Waals surface area contributed by atoms with Crippen LogP contribution in [0.2, 0.25) is 0 Å². The van der Waals surface area contributed by atoms with Crippen molar-refractivity contribution in [3.05, 3.63) is 23.8 Å². The van der Waals surface area contributed by atoms with Gasteiger partial charge in [-0.25, -0.2) is 0 Å². The quantitative estimate of drug-likeness (QED) is 0.776. The first-order chi connectivity index (χ1) is 9.60. The molecule has 110 valence electrons. The Kier molecular flexibility index (Phi) is 6.36. The molecule has 20 heavy (non-hydrogen) atoms. The molecule has 1 aromatic carbocycles. The molecule has 1 aromatic rings. The highest BCUT2D eigenvalue weighted by molar-refractivity contribution is 5.84. The molecule has 2 N–H and O–H groups in total. The van der Waals surface area contributed by atoms with Gasteiger partial charge in [-0.3, -0.25) is 9.59 Å². The summed E-state index contributed by atoms with van der Waals surface area (Å²) in [5, 5.41) is 5.23. The van der Waals surface area contributed by atoms with E-state index in [9.17, 15) is 9.59 Å². The van der Waals surface area contributed by atoms with E-state index in [1.54, 1.807) is 33.3 Å². The smallest absolute Gasteiger partial charge is 0.239 e. The Morgan fingerprint density at radius 3 is 2.35 bits per heavy atom. The Morgan fingerprint density at radius 2 is 1.75 bits per heavy atom. The lowest BCUT2D eigenvalue weighted by atomic mass is 10.2. The van der Waals surface area contributed by atoms with Crippen LogP contribution >= 0.6 is 0 Å². The minimum atomic E-state index is -0.235. The average Bonchev–Trinajstić information content (AvgIpc) is 2.49. The fourth-order valence-electron chi connectivity index (χ4n) is 1.56. The standard InChI is InChI=1S/C14H20N2O4/c1-4-13(17)16-9-14(18)15-8-10-5-6-11(19-2)12(7-10)20-3/h5-7H,4,8-9H2,1-3H3,(H,15,18)(H,16,17). The van der Waals surface area contributed by atoms with Crippen molar-refractivity contribution in [3.8, 4) is 11.5 Å². The highest BCUT2D eigenvalue weighted by Crippen LogP contribution is 2.27. The number of methoxy groups -OCH3 is 2. The van der Waals surface area contributed by atoms with Gasteiger partial charge in [-0.15, -0.1) is 0 Å². The molecule has 0 aliphatic carbocycles. The fraction of sp³-hybridized carbons (Fsp3) is 0.429. The maximum absolute atomic E-state index is 11.5. The predicted octanol–water partition coefficient (Wildman–Crippen LogP) is 0.846. The van der Waals surface area contributed by atoms with E-state index >= 15 is 0 Å². The van der Waals surface area contributed by atoms with Crippen molar-refractivity contribution < 1.29 is 19.1 Å².